The number of nitrogens with zero attached hydrogens (tertiary/aromatic N) is 1. The Morgan fingerprint density at radius 3 is 2.60 bits per heavy atom. The first kappa shape index (κ1) is 16.2. The van der Waals surface area contributed by atoms with Crippen LogP contribution < -0.4 is 0 Å². The molecule has 2 nitrogen and oxygen atoms in total. The maximum Gasteiger partial charge on any atom is 0.0736 e. The summed E-state index contributed by atoms with van der Waals surface area (Å²) in [5.41, 5.74) is 6.18. The van der Waals surface area contributed by atoms with Crippen molar-refractivity contribution in [3.05, 3.63) is 58.2 Å². The largest absolute Gasteiger partial charge is 0.411 e. The Balaban J connectivity index is 2.72. The molecule has 2 heteroatoms. The third-order valence-corrected chi connectivity index (χ3v) is 3.26. The van der Waals surface area contributed by atoms with Crippen molar-refractivity contribution >= 4 is 6.21 Å². The minimum atomic E-state index is 0.879. The maximum atomic E-state index is 8.71. The summed E-state index contributed by atoms with van der Waals surface area (Å²) in [6.07, 6.45) is 9.12. The molecule has 1 aromatic rings. The van der Waals surface area contributed by atoms with Crippen molar-refractivity contribution in [3.63, 3.8) is 0 Å². The molecule has 1 N–H and O–H groups in total. The summed E-state index contributed by atoms with van der Waals surface area (Å²) in [6.45, 7) is 8.52. The van der Waals surface area contributed by atoms with Crippen molar-refractivity contribution < 1.29 is 5.21 Å². The summed E-state index contributed by atoms with van der Waals surface area (Å²) >= 11 is 0. The first-order valence-corrected chi connectivity index (χ1v) is 7.09. The minimum absolute atomic E-state index is 0.879. The van der Waals surface area contributed by atoms with Gasteiger partial charge in [0, 0.05) is 0 Å². The van der Waals surface area contributed by atoms with E-state index in [9.17, 15) is 0 Å². The van der Waals surface area contributed by atoms with Crippen molar-refractivity contribution in [2.45, 2.75) is 47.0 Å². The second-order valence-corrected chi connectivity index (χ2v) is 5.52. The summed E-state index contributed by atoms with van der Waals surface area (Å²) in [5, 5.41) is 11.8. The van der Waals surface area contributed by atoms with Crippen LogP contribution in [-0.4, -0.2) is 11.4 Å². The van der Waals surface area contributed by atoms with Gasteiger partial charge in [-0.3, -0.25) is 0 Å². The molecule has 1 aromatic carbocycles. The first-order chi connectivity index (χ1) is 9.52. The number of oxime groups is 1. The van der Waals surface area contributed by atoms with Crippen molar-refractivity contribution in [2.75, 3.05) is 0 Å². The maximum absolute atomic E-state index is 8.71. The van der Waals surface area contributed by atoms with E-state index in [1.54, 1.807) is 0 Å². The highest BCUT2D eigenvalue weighted by Crippen LogP contribution is 2.14. The van der Waals surface area contributed by atoms with Crippen LogP contribution in [0.1, 0.15) is 50.3 Å². The van der Waals surface area contributed by atoms with Gasteiger partial charge in [0.05, 0.1) is 6.21 Å². The number of hydrogen-bond donors (Lipinski definition) is 1. The molecule has 0 atom stereocenters. The van der Waals surface area contributed by atoms with Gasteiger partial charge in [-0.2, -0.15) is 0 Å². The van der Waals surface area contributed by atoms with Gasteiger partial charge in [0.25, 0.3) is 0 Å². The van der Waals surface area contributed by atoms with E-state index in [0.717, 1.165) is 24.8 Å². The van der Waals surface area contributed by atoms with E-state index in [1.165, 1.54) is 28.5 Å². The predicted octanol–water partition coefficient (Wildman–Crippen LogP) is 5.04. The quantitative estimate of drug-likeness (QED) is 0.334. The number of hydrogen-bond acceptors (Lipinski definition) is 2. The van der Waals surface area contributed by atoms with Gasteiger partial charge in [-0.1, -0.05) is 52.2 Å². The molecular formula is C18H25NO. The van der Waals surface area contributed by atoms with E-state index in [-0.39, 0.29) is 0 Å². The SMILES string of the molecule is CC(C)=CCC/C(C)=C/Cc1cc(C)ccc1C=NO. The van der Waals surface area contributed by atoms with Crippen LogP contribution in [0.4, 0.5) is 0 Å². The number of rotatable bonds is 6. The molecule has 0 radical (unpaired) electrons. The Morgan fingerprint density at radius 2 is 1.95 bits per heavy atom. The first-order valence-electron chi connectivity index (χ1n) is 7.09. The molecule has 0 heterocycles. The lowest BCUT2D eigenvalue weighted by Gasteiger charge is -2.05. The Morgan fingerprint density at radius 1 is 1.20 bits per heavy atom. The van der Waals surface area contributed by atoms with Crippen LogP contribution in [0.25, 0.3) is 0 Å². The average Bonchev–Trinajstić information content (AvgIpc) is 2.39. The van der Waals surface area contributed by atoms with Gasteiger partial charge in [0.15, 0.2) is 0 Å². The zero-order chi connectivity index (χ0) is 15.0. The van der Waals surface area contributed by atoms with Crippen molar-refractivity contribution in [2.24, 2.45) is 5.16 Å². The lowest BCUT2D eigenvalue weighted by atomic mass is 10.0. The molecule has 0 aliphatic carbocycles. The van der Waals surface area contributed by atoms with E-state index in [4.69, 9.17) is 5.21 Å². The molecule has 0 aromatic heterocycles. The zero-order valence-corrected chi connectivity index (χ0v) is 13.0. The van der Waals surface area contributed by atoms with Crippen LogP contribution in [0.3, 0.4) is 0 Å². The third-order valence-electron chi connectivity index (χ3n) is 3.26. The average molecular weight is 271 g/mol. The van der Waals surface area contributed by atoms with Gasteiger partial charge in [-0.15, -0.1) is 0 Å². The van der Waals surface area contributed by atoms with Crippen LogP contribution in [0, 0.1) is 6.92 Å². The normalized spacial score (nSPS) is 11.9. The van der Waals surface area contributed by atoms with Crippen LogP contribution in [0.5, 0.6) is 0 Å². The van der Waals surface area contributed by atoms with Gasteiger partial charge < -0.3 is 5.21 Å². The topological polar surface area (TPSA) is 32.6 Å². The molecule has 0 aliphatic heterocycles. The second kappa shape index (κ2) is 8.36. The van der Waals surface area contributed by atoms with Gasteiger partial charge in [0.1, 0.15) is 0 Å². The molecule has 0 unspecified atom stereocenters. The highest BCUT2D eigenvalue weighted by Gasteiger charge is 2.00. The molecule has 108 valence electrons. The molecule has 0 amide bonds. The number of benzene rings is 1. The van der Waals surface area contributed by atoms with Gasteiger partial charge in [-0.05, 0) is 58.1 Å². The van der Waals surface area contributed by atoms with Gasteiger partial charge in [-0.25, -0.2) is 0 Å². The summed E-state index contributed by atoms with van der Waals surface area (Å²) in [5.74, 6) is 0. The summed E-state index contributed by atoms with van der Waals surface area (Å²) in [7, 11) is 0. The molecule has 20 heavy (non-hydrogen) atoms. The van der Waals surface area contributed by atoms with E-state index in [1.807, 2.05) is 12.1 Å². The summed E-state index contributed by atoms with van der Waals surface area (Å²) in [6, 6.07) is 6.18. The standard InChI is InChI=1S/C18H25NO/c1-14(2)6-5-7-15(3)8-10-17-12-16(4)9-11-18(17)13-19-20/h6,8-9,11-13,20H,5,7,10H2,1-4H3/b15-8+,19-13?. The van der Waals surface area contributed by atoms with Crippen LogP contribution in [0.2, 0.25) is 0 Å². The number of allylic oxidation sites excluding steroid dienone is 4. The lowest BCUT2D eigenvalue weighted by Crippen LogP contribution is -1.93. The van der Waals surface area contributed by atoms with E-state index < -0.39 is 0 Å². The van der Waals surface area contributed by atoms with Crippen LogP contribution in [0.15, 0.2) is 46.7 Å². The Hall–Kier alpha value is -1.83. The second-order valence-electron chi connectivity index (χ2n) is 5.52. The number of aryl methyl sites for hydroxylation is 1. The van der Waals surface area contributed by atoms with Crippen molar-refractivity contribution in [1.82, 2.24) is 0 Å². The molecule has 0 aliphatic rings. The smallest absolute Gasteiger partial charge is 0.0736 e. The Labute approximate surface area is 122 Å². The zero-order valence-electron chi connectivity index (χ0n) is 13.0. The molecule has 0 saturated heterocycles. The molecule has 0 saturated carbocycles. The fourth-order valence-electron chi connectivity index (χ4n) is 2.07. The van der Waals surface area contributed by atoms with Crippen molar-refractivity contribution in [3.8, 4) is 0 Å². The fraction of sp³-hybridized carbons (Fsp3) is 0.389. The van der Waals surface area contributed by atoms with Gasteiger partial charge >= 0.3 is 0 Å². The van der Waals surface area contributed by atoms with Gasteiger partial charge in [0.2, 0.25) is 0 Å². The highest BCUT2D eigenvalue weighted by molar-refractivity contribution is 5.81. The predicted molar refractivity (Wildman–Crippen MR) is 86.7 cm³/mol. The molecule has 0 fully saturated rings. The summed E-state index contributed by atoms with van der Waals surface area (Å²) in [4.78, 5) is 0. The molecular weight excluding hydrogens is 246 g/mol. The monoisotopic (exact) mass is 271 g/mol. The Kier molecular flexibility index (Phi) is 6.78. The van der Waals surface area contributed by atoms with E-state index >= 15 is 0 Å². The fourth-order valence-corrected chi connectivity index (χ4v) is 2.07. The third kappa shape index (κ3) is 5.87. The summed E-state index contributed by atoms with van der Waals surface area (Å²) < 4.78 is 0. The Bertz CT molecular complexity index is 520. The lowest BCUT2D eigenvalue weighted by molar-refractivity contribution is 0.322. The van der Waals surface area contributed by atoms with E-state index in [0.29, 0.717) is 0 Å². The molecule has 0 spiro atoms. The highest BCUT2D eigenvalue weighted by atomic mass is 16.4. The van der Waals surface area contributed by atoms with Crippen LogP contribution >= 0.6 is 0 Å². The molecule has 1 rings (SSSR count). The van der Waals surface area contributed by atoms with Crippen LogP contribution in [-0.2, 0) is 6.42 Å². The molecule has 0 bridgehead atoms. The van der Waals surface area contributed by atoms with Crippen molar-refractivity contribution in [1.29, 1.82) is 0 Å². The minimum Gasteiger partial charge on any atom is -0.411 e. The van der Waals surface area contributed by atoms with E-state index in [2.05, 4.69) is 51.1 Å².